The molecule has 116 valence electrons. The van der Waals surface area contributed by atoms with Crippen LogP contribution in [0.3, 0.4) is 0 Å². The SMILES string of the molecule is CCOC(=O)c1cc(Br)cc(F)c1NC(=O)OC(C)(C)C. The summed E-state index contributed by atoms with van der Waals surface area (Å²) in [7, 11) is 0. The number of carbonyl (C=O) groups excluding carboxylic acids is 2. The number of esters is 1. The lowest BCUT2D eigenvalue weighted by atomic mass is 10.1. The van der Waals surface area contributed by atoms with Gasteiger partial charge in [-0.15, -0.1) is 0 Å². The number of halogens is 2. The Kier molecular flexibility index (Phi) is 5.71. The summed E-state index contributed by atoms with van der Waals surface area (Å²) in [6, 6.07) is 2.50. The topological polar surface area (TPSA) is 64.6 Å². The first-order chi connectivity index (χ1) is 9.64. The first-order valence-corrected chi connectivity index (χ1v) is 7.09. The number of amides is 1. The average molecular weight is 362 g/mol. The minimum absolute atomic E-state index is 0.0883. The molecule has 5 nitrogen and oxygen atoms in total. The normalized spacial score (nSPS) is 11.0. The summed E-state index contributed by atoms with van der Waals surface area (Å²) in [5.74, 6) is -1.50. The molecule has 0 saturated heterocycles. The van der Waals surface area contributed by atoms with E-state index in [1.165, 1.54) is 6.07 Å². The van der Waals surface area contributed by atoms with Crippen LogP contribution in [0.1, 0.15) is 38.1 Å². The molecular formula is C14H17BrFNO4. The zero-order chi connectivity index (χ0) is 16.2. The number of hydrogen-bond donors (Lipinski definition) is 1. The molecule has 0 aliphatic heterocycles. The summed E-state index contributed by atoms with van der Waals surface area (Å²) >= 11 is 3.09. The molecule has 1 aromatic rings. The van der Waals surface area contributed by atoms with Crippen molar-refractivity contribution >= 4 is 33.7 Å². The van der Waals surface area contributed by atoms with Gasteiger partial charge in [0.05, 0.1) is 17.9 Å². The van der Waals surface area contributed by atoms with Crippen LogP contribution in [0.4, 0.5) is 14.9 Å². The van der Waals surface area contributed by atoms with Crippen molar-refractivity contribution in [2.24, 2.45) is 0 Å². The van der Waals surface area contributed by atoms with E-state index < -0.39 is 23.5 Å². The van der Waals surface area contributed by atoms with E-state index in [-0.39, 0.29) is 17.9 Å². The van der Waals surface area contributed by atoms with Crippen LogP contribution in [0.15, 0.2) is 16.6 Å². The number of hydrogen-bond acceptors (Lipinski definition) is 4. The smallest absolute Gasteiger partial charge is 0.412 e. The van der Waals surface area contributed by atoms with Crippen molar-refractivity contribution in [3.05, 3.63) is 28.0 Å². The molecule has 1 aromatic carbocycles. The van der Waals surface area contributed by atoms with Crippen LogP contribution in [-0.2, 0) is 9.47 Å². The molecule has 0 unspecified atom stereocenters. The van der Waals surface area contributed by atoms with Crippen LogP contribution >= 0.6 is 15.9 Å². The van der Waals surface area contributed by atoms with Gasteiger partial charge in [-0.2, -0.15) is 0 Å². The van der Waals surface area contributed by atoms with Gasteiger partial charge < -0.3 is 9.47 Å². The van der Waals surface area contributed by atoms with E-state index in [1.54, 1.807) is 27.7 Å². The van der Waals surface area contributed by atoms with E-state index in [2.05, 4.69) is 21.2 Å². The van der Waals surface area contributed by atoms with Gasteiger partial charge in [0.15, 0.2) is 0 Å². The number of anilines is 1. The fourth-order valence-electron chi connectivity index (χ4n) is 1.48. The molecule has 0 aromatic heterocycles. The Morgan fingerprint density at radius 3 is 2.48 bits per heavy atom. The second kappa shape index (κ2) is 6.89. The first-order valence-electron chi connectivity index (χ1n) is 6.30. The van der Waals surface area contributed by atoms with Crippen LogP contribution in [0, 0.1) is 5.82 Å². The molecule has 0 fully saturated rings. The van der Waals surface area contributed by atoms with Crippen molar-refractivity contribution in [2.75, 3.05) is 11.9 Å². The van der Waals surface area contributed by atoms with Crippen molar-refractivity contribution in [3.8, 4) is 0 Å². The van der Waals surface area contributed by atoms with Gasteiger partial charge in [0, 0.05) is 4.47 Å². The largest absolute Gasteiger partial charge is 0.462 e. The van der Waals surface area contributed by atoms with Gasteiger partial charge in [-0.05, 0) is 39.8 Å². The Morgan fingerprint density at radius 1 is 1.33 bits per heavy atom. The van der Waals surface area contributed by atoms with Crippen molar-refractivity contribution in [3.63, 3.8) is 0 Å². The van der Waals surface area contributed by atoms with Crippen molar-refractivity contribution < 1.29 is 23.5 Å². The molecule has 0 saturated carbocycles. The zero-order valence-electron chi connectivity index (χ0n) is 12.3. The molecule has 0 bridgehead atoms. The third kappa shape index (κ3) is 5.34. The molecule has 0 radical (unpaired) electrons. The van der Waals surface area contributed by atoms with Gasteiger partial charge in [0.2, 0.25) is 0 Å². The second-order valence-electron chi connectivity index (χ2n) is 5.16. The summed E-state index contributed by atoms with van der Waals surface area (Å²) in [5.41, 5.74) is -1.10. The van der Waals surface area contributed by atoms with E-state index in [9.17, 15) is 14.0 Å². The van der Waals surface area contributed by atoms with Gasteiger partial charge in [0.25, 0.3) is 0 Å². The minimum Gasteiger partial charge on any atom is -0.462 e. The lowest BCUT2D eigenvalue weighted by Gasteiger charge is -2.20. The highest BCUT2D eigenvalue weighted by atomic mass is 79.9. The van der Waals surface area contributed by atoms with Crippen molar-refractivity contribution in [1.82, 2.24) is 0 Å². The predicted octanol–water partition coefficient (Wildman–Crippen LogP) is 4.11. The third-order valence-corrected chi connectivity index (χ3v) is 2.63. The molecule has 21 heavy (non-hydrogen) atoms. The molecular weight excluding hydrogens is 345 g/mol. The van der Waals surface area contributed by atoms with E-state index in [1.807, 2.05) is 0 Å². The first kappa shape index (κ1) is 17.4. The average Bonchev–Trinajstić information content (AvgIpc) is 2.30. The van der Waals surface area contributed by atoms with Gasteiger partial charge >= 0.3 is 12.1 Å². The third-order valence-electron chi connectivity index (χ3n) is 2.18. The predicted molar refractivity (Wildman–Crippen MR) is 79.9 cm³/mol. The lowest BCUT2D eigenvalue weighted by Crippen LogP contribution is -2.28. The minimum atomic E-state index is -0.853. The Balaban J connectivity index is 3.10. The Labute approximate surface area is 130 Å². The van der Waals surface area contributed by atoms with Crippen LogP contribution < -0.4 is 5.32 Å². The van der Waals surface area contributed by atoms with Gasteiger partial charge in [-0.25, -0.2) is 14.0 Å². The second-order valence-corrected chi connectivity index (χ2v) is 6.07. The van der Waals surface area contributed by atoms with E-state index in [0.717, 1.165) is 6.07 Å². The van der Waals surface area contributed by atoms with Crippen LogP contribution in [0.25, 0.3) is 0 Å². The summed E-state index contributed by atoms with van der Waals surface area (Å²) in [4.78, 5) is 23.6. The van der Waals surface area contributed by atoms with Gasteiger partial charge in [-0.3, -0.25) is 5.32 Å². The van der Waals surface area contributed by atoms with Crippen LogP contribution in [-0.4, -0.2) is 24.3 Å². The molecule has 7 heteroatoms. The Bertz CT molecular complexity index is 555. The Hall–Kier alpha value is -1.63. The van der Waals surface area contributed by atoms with Gasteiger partial charge in [0.1, 0.15) is 11.4 Å². The summed E-state index contributed by atoms with van der Waals surface area (Å²) in [5, 5.41) is 2.24. The Morgan fingerprint density at radius 2 is 1.95 bits per heavy atom. The van der Waals surface area contributed by atoms with Crippen LogP contribution in [0.2, 0.25) is 0 Å². The molecule has 0 aliphatic rings. The maximum atomic E-state index is 14.0. The monoisotopic (exact) mass is 361 g/mol. The lowest BCUT2D eigenvalue weighted by molar-refractivity contribution is 0.0527. The molecule has 0 aliphatic carbocycles. The fraction of sp³-hybridized carbons (Fsp3) is 0.429. The van der Waals surface area contributed by atoms with Crippen LogP contribution in [0.5, 0.6) is 0 Å². The highest BCUT2D eigenvalue weighted by molar-refractivity contribution is 9.10. The number of ether oxygens (including phenoxy) is 2. The number of carbonyl (C=O) groups is 2. The molecule has 0 atom stereocenters. The van der Waals surface area contributed by atoms with Crippen molar-refractivity contribution in [2.45, 2.75) is 33.3 Å². The standard InChI is InChI=1S/C14H17BrFNO4/c1-5-20-12(18)9-6-8(15)7-10(16)11(9)17-13(19)21-14(2,3)4/h6-7H,5H2,1-4H3,(H,17,19). The van der Waals surface area contributed by atoms with Gasteiger partial charge in [-0.1, -0.05) is 15.9 Å². The fourth-order valence-corrected chi connectivity index (χ4v) is 1.91. The number of nitrogens with one attached hydrogen (secondary N) is 1. The molecule has 1 N–H and O–H groups in total. The summed E-state index contributed by atoms with van der Waals surface area (Å²) in [6.07, 6.45) is -0.853. The van der Waals surface area contributed by atoms with E-state index >= 15 is 0 Å². The maximum Gasteiger partial charge on any atom is 0.412 e. The zero-order valence-corrected chi connectivity index (χ0v) is 13.8. The highest BCUT2D eigenvalue weighted by Gasteiger charge is 2.22. The molecule has 1 rings (SSSR count). The molecule has 0 heterocycles. The quantitative estimate of drug-likeness (QED) is 0.822. The highest BCUT2D eigenvalue weighted by Crippen LogP contribution is 2.26. The maximum absolute atomic E-state index is 14.0. The summed E-state index contributed by atoms with van der Waals surface area (Å²) < 4.78 is 24.2. The van der Waals surface area contributed by atoms with E-state index in [0.29, 0.717) is 4.47 Å². The number of rotatable bonds is 3. The molecule has 1 amide bonds. The number of benzene rings is 1. The summed E-state index contributed by atoms with van der Waals surface area (Å²) in [6.45, 7) is 6.80. The molecule has 0 spiro atoms. The van der Waals surface area contributed by atoms with E-state index in [4.69, 9.17) is 9.47 Å². The van der Waals surface area contributed by atoms with Crippen molar-refractivity contribution in [1.29, 1.82) is 0 Å².